The molecule has 0 aromatic heterocycles. The van der Waals surface area contributed by atoms with Crippen LogP contribution < -0.4 is 14.7 Å². The largest absolute Gasteiger partial charge is 0.822 e. The molecule has 0 amide bonds. The summed E-state index contributed by atoms with van der Waals surface area (Å²) in [5.41, 5.74) is 0. The van der Waals surface area contributed by atoms with Crippen LogP contribution in [0.25, 0.3) is 0 Å². The zero-order chi connectivity index (χ0) is 56.2. The van der Waals surface area contributed by atoms with Gasteiger partial charge < -0.3 is 63.3 Å². The highest BCUT2D eigenvalue weighted by Crippen LogP contribution is 2.18. The molecular weight excluding hydrogens is 954 g/mol. The molecule has 0 spiro atoms. The van der Waals surface area contributed by atoms with Gasteiger partial charge in [-0.15, -0.1) is 0 Å². The van der Waals surface area contributed by atoms with E-state index in [2.05, 4.69) is 41.5 Å². The van der Waals surface area contributed by atoms with Gasteiger partial charge in [0.2, 0.25) is 0 Å². The van der Waals surface area contributed by atoms with Crippen LogP contribution in [0.3, 0.4) is 0 Å². The van der Waals surface area contributed by atoms with Crippen molar-refractivity contribution in [2.24, 2.45) is 0 Å². The number of rotatable bonds is 54. The topological polar surface area (TPSA) is 208 Å². The van der Waals surface area contributed by atoms with Crippen LogP contribution in [0, 0.1) is 0 Å². The zero-order valence-corrected chi connectivity index (χ0v) is 51.2. The lowest BCUT2D eigenvalue weighted by Gasteiger charge is -2.37. The maximum absolute atomic E-state index is 9.25. The maximum atomic E-state index is 9.25. The summed E-state index contributed by atoms with van der Waals surface area (Å²) in [7, 11) is -5.39. The number of aliphatic hydroxyl groups excluding tert-OH is 6. The monoisotopic (exact) mass is 1090 g/mol. The molecule has 0 aliphatic carbocycles. The van der Waals surface area contributed by atoms with E-state index in [0.29, 0.717) is 0 Å². The minimum Gasteiger partial charge on any atom is -0.822 e. The van der Waals surface area contributed by atoms with Crippen LogP contribution in [0.5, 0.6) is 0 Å². The van der Waals surface area contributed by atoms with E-state index in [4.69, 9.17) is 19.2 Å². The van der Waals surface area contributed by atoms with Crippen LogP contribution in [0.4, 0.5) is 0 Å². The molecule has 13 nitrogen and oxygen atoms in total. The van der Waals surface area contributed by atoms with Crippen molar-refractivity contribution < 1.29 is 63.3 Å². The average Bonchev–Trinajstić information content (AvgIpc) is 3.37. The third-order valence-corrected chi connectivity index (χ3v) is 15.9. The average molecular weight is 1090 g/mol. The Morgan fingerprint density at radius 2 is 0.365 bits per heavy atom. The van der Waals surface area contributed by atoms with Gasteiger partial charge in [-0.3, -0.25) is 0 Å². The van der Waals surface area contributed by atoms with E-state index in [1.807, 2.05) is 0 Å². The normalized spacial score (nSPS) is 12.0. The van der Waals surface area contributed by atoms with E-state index in [-0.39, 0.29) is 39.6 Å². The lowest BCUT2D eigenvalue weighted by atomic mass is 10.0. The van der Waals surface area contributed by atoms with Gasteiger partial charge in [-0.05, 0) is 59.3 Å². The second kappa shape index (κ2) is 62.0. The summed E-state index contributed by atoms with van der Waals surface area (Å²) in [6.07, 6.45) is 49.5. The summed E-state index contributed by atoms with van der Waals surface area (Å²) >= 11 is 0. The molecule has 0 atom stereocenters. The Hall–Kier alpha value is -0.250. The minimum absolute atomic E-state index is 0.228. The Bertz CT molecular complexity index is 951. The third kappa shape index (κ3) is 59.4. The highest BCUT2D eigenvalue weighted by molar-refractivity contribution is 7.40. The first-order valence-corrected chi connectivity index (χ1v) is 33.1. The van der Waals surface area contributed by atoms with Crippen LogP contribution >= 0.6 is 7.82 Å². The quantitative estimate of drug-likeness (QED) is 0.0193. The van der Waals surface area contributed by atoms with E-state index >= 15 is 0 Å². The van der Waals surface area contributed by atoms with Gasteiger partial charge in [0.15, 0.2) is 0 Å². The number of nitrogens with zero attached hydrogens (tertiary/aromatic N) is 3. The lowest BCUT2D eigenvalue weighted by molar-refractivity contribution is -0.927. The molecule has 0 radical (unpaired) electrons. The Morgan fingerprint density at radius 3 is 0.473 bits per heavy atom. The van der Waals surface area contributed by atoms with E-state index < -0.39 is 7.82 Å². The predicted molar refractivity (Wildman–Crippen MR) is 310 cm³/mol. The Morgan fingerprint density at radius 1 is 0.243 bits per heavy atom. The second-order valence-corrected chi connectivity index (χ2v) is 22.8. The predicted octanol–water partition coefficient (Wildman–Crippen LogP) is 10.7. The van der Waals surface area contributed by atoms with Gasteiger partial charge in [0.05, 0.1) is 78.9 Å². The van der Waals surface area contributed by atoms with Crippen LogP contribution in [0.1, 0.15) is 273 Å². The molecule has 0 bridgehead atoms. The Labute approximate surface area is 460 Å². The van der Waals surface area contributed by atoms with Crippen molar-refractivity contribution in [3.8, 4) is 0 Å². The fraction of sp³-hybridized carbons (Fsp3) is 1.00. The van der Waals surface area contributed by atoms with E-state index in [0.717, 1.165) is 92.0 Å². The van der Waals surface area contributed by atoms with Crippen molar-refractivity contribution in [3.63, 3.8) is 0 Å². The highest BCUT2D eigenvalue weighted by atomic mass is 31.2. The molecule has 0 aliphatic rings. The molecule has 0 heterocycles. The molecular formula is C60H132N3O10P. The first-order chi connectivity index (χ1) is 35.7. The number of likely N-dealkylation sites (N-methyl/N-ethyl adjacent to an activating group) is 3. The van der Waals surface area contributed by atoms with Crippen LogP contribution in [0.15, 0.2) is 0 Å². The van der Waals surface area contributed by atoms with Crippen molar-refractivity contribution in [2.45, 2.75) is 273 Å². The molecule has 0 aliphatic heterocycles. The summed E-state index contributed by atoms with van der Waals surface area (Å²) in [4.78, 5) is 25.6. The number of phosphoric acid groups is 1. The minimum atomic E-state index is -5.39. The first kappa shape index (κ1) is 80.2. The molecule has 6 N–H and O–H groups in total. The van der Waals surface area contributed by atoms with Gasteiger partial charge in [0.25, 0.3) is 0 Å². The summed E-state index contributed by atoms with van der Waals surface area (Å²) in [5, 5.41) is 55.5. The van der Waals surface area contributed by atoms with Crippen molar-refractivity contribution in [2.75, 3.05) is 118 Å². The van der Waals surface area contributed by atoms with Gasteiger partial charge in [0.1, 0.15) is 39.3 Å². The van der Waals surface area contributed by atoms with Gasteiger partial charge in [-0.2, -0.15) is 7.82 Å². The number of aliphatic hydroxyl groups is 6. The highest BCUT2D eigenvalue weighted by Gasteiger charge is 2.25. The summed E-state index contributed by atoms with van der Waals surface area (Å²) < 4.78 is 11.2. The number of unbranched alkanes of at least 4 members (excludes halogenated alkanes) is 33. The van der Waals surface area contributed by atoms with Crippen molar-refractivity contribution in [3.05, 3.63) is 0 Å². The van der Waals surface area contributed by atoms with Gasteiger partial charge in [-0.25, -0.2) is 0 Å². The van der Waals surface area contributed by atoms with E-state index in [1.54, 1.807) is 0 Å². The summed E-state index contributed by atoms with van der Waals surface area (Å²) in [6, 6.07) is 0. The molecule has 0 rings (SSSR count). The Kier molecular flexibility index (Phi) is 67.2. The molecule has 0 saturated carbocycles. The van der Waals surface area contributed by atoms with Crippen molar-refractivity contribution >= 4 is 7.82 Å². The van der Waals surface area contributed by atoms with Crippen LogP contribution in [0.2, 0.25) is 0 Å². The molecule has 0 fully saturated rings. The summed E-state index contributed by atoms with van der Waals surface area (Å²) in [6.45, 7) is 25.8. The smallest absolute Gasteiger partial charge is 0.102 e. The second-order valence-electron chi connectivity index (χ2n) is 21.9. The molecule has 14 heteroatoms. The summed E-state index contributed by atoms with van der Waals surface area (Å²) in [5.74, 6) is 0. The van der Waals surface area contributed by atoms with Gasteiger partial charge in [-0.1, -0.05) is 213 Å². The third-order valence-electron chi connectivity index (χ3n) is 15.9. The van der Waals surface area contributed by atoms with E-state index in [9.17, 15) is 30.6 Å². The van der Waals surface area contributed by atoms with Crippen LogP contribution in [-0.2, 0) is 4.57 Å². The molecule has 0 aromatic rings. The number of hydrogen-bond acceptors (Lipinski definition) is 10. The molecule has 452 valence electrons. The standard InChI is InChI=1S/3C20H44NO2.H3O4P/c3*1-3-5-6-7-8-9-10-11-12-13-14-15-16-21(4-2,17-19-22)18-20-23;1-5(2,3)4/h3*22-23H,3-20H2,1-2H3;(H3,1,2,3,4)/q3*+1;/p-3. The molecule has 0 aromatic carbocycles. The SMILES string of the molecule is CCCCCCCCCCCCCC[N+](CC)(CCO)CCO.CCCCCCCCCCCCCC[N+](CC)(CCO)CCO.CCCCCCCCCCCCCC[N+](CC)(CCO)CCO.O=P([O-])([O-])[O-]. The number of quaternary nitrogens is 3. The fourth-order valence-electron chi connectivity index (χ4n) is 10.6. The molecule has 0 saturated heterocycles. The Balaban J connectivity index is -0.000000473. The van der Waals surface area contributed by atoms with Gasteiger partial charge in [0, 0.05) is 0 Å². The van der Waals surface area contributed by atoms with Crippen molar-refractivity contribution in [1.82, 2.24) is 0 Å². The lowest BCUT2D eigenvalue weighted by Crippen LogP contribution is -2.52. The molecule has 0 unspecified atom stereocenters. The number of hydrogen-bond donors (Lipinski definition) is 6. The zero-order valence-electron chi connectivity index (χ0n) is 50.3. The van der Waals surface area contributed by atoms with Crippen molar-refractivity contribution in [1.29, 1.82) is 0 Å². The first-order valence-electron chi connectivity index (χ1n) is 31.7. The molecule has 74 heavy (non-hydrogen) atoms. The van der Waals surface area contributed by atoms with Crippen LogP contribution in [-0.4, -0.2) is 162 Å². The fourth-order valence-corrected chi connectivity index (χ4v) is 10.6. The van der Waals surface area contributed by atoms with Gasteiger partial charge >= 0.3 is 0 Å². The maximum Gasteiger partial charge on any atom is 0.102 e. The van der Waals surface area contributed by atoms with E-state index in [1.165, 1.54) is 231 Å².